The molecule has 3 unspecified atom stereocenters. The number of ether oxygens (including phenoxy) is 1. The quantitative estimate of drug-likeness (QED) is 0.880. The molecule has 0 aromatic carbocycles. The molecule has 0 saturated carbocycles. The second kappa shape index (κ2) is 6.27. The van der Waals surface area contributed by atoms with E-state index < -0.39 is 0 Å². The first-order chi connectivity index (χ1) is 8.76. The predicted octanol–water partition coefficient (Wildman–Crippen LogP) is 1.58. The molecule has 100 valence electrons. The summed E-state index contributed by atoms with van der Waals surface area (Å²) in [7, 11) is 1.79. The van der Waals surface area contributed by atoms with Gasteiger partial charge in [-0.25, -0.2) is 0 Å². The first kappa shape index (κ1) is 13.5. The van der Waals surface area contributed by atoms with Crippen molar-refractivity contribution in [2.45, 2.75) is 38.0 Å². The Morgan fingerprint density at radius 2 is 2.22 bits per heavy atom. The minimum Gasteiger partial charge on any atom is -0.381 e. The molecule has 4 nitrogen and oxygen atoms in total. The molecule has 4 heteroatoms. The third-order valence-corrected chi connectivity index (χ3v) is 4.00. The number of hydrogen-bond donors (Lipinski definition) is 1. The second-order valence-corrected chi connectivity index (χ2v) is 4.97. The van der Waals surface area contributed by atoms with Crippen molar-refractivity contribution < 1.29 is 4.74 Å². The summed E-state index contributed by atoms with van der Waals surface area (Å²) < 4.78 is 5.46. The molecule has 1 aromatic rings. The van der Waals surface area contributed by atoms with Crippen molar-refractivity contribution in [3.8, 4) is 0 Å². The van der Waals surface area contributed by atoms with Crippen LogP contribution in [0.3, 0.4) is 0 Å². The molecule has 1 aromatic heterocycles. The van der Waals surface area contributed by atoms with E-state index in [9.17, 15) is 0 Å². The maximum absolute atomic E-state index is 5.92. The van der Waals surface area contributed by atoms with Crippen LogP contribution in [0.4, 0.5) is 0 Å². The SMILES string of the molecule is COC1CCN(C(C)c2ccncc2)C(CN)C1. The van der Waals surface area contributed by atoms with Gasteiger partial charge in [-0.2, -0.15) is 0 Å². The molecule has 1 fully saturated rings. The van der Waals surface area contributed by atoms with E-state index in [0.717, 1.165) is 19.4 Å². The molecule has 18 heavy (non-hydrogen) atoms. The molecule has 2 heterocycles. The van der Waals surface area contributed by atoms with E-state index in [-0.39, 0.29) is 0 Å². The Morgan fingerprint density at radius 1 is 1.50 bits per heavy atom. The van der Waals surface area contributed by atoms with Crippen LogP contribution in [-0.4, -0.2) is 42.2 Å². The van der Waals surface area contributed by atoms with Gasteiger partial charge in [0, 0.05) is 44.7 Å². The van der Waals surface area contributed by atoms with Crippen LogP contribution < -0.4 is 5.73 Å². The highest BCUT2D eigenvalue weighted by Gasteiger charge is 2.30. The summed E-state index contributed by atoms with van der Waals surface area (Å²) in [4.78, 5) is 6.57. The Hall–Kier alpha value is -0.970. The van der Waals surface area contributed by atoms with Gasteiger partial charge in [-0.3, -0.25) is 9.88 Å². The van der Waals surface area contributed by atoms with Gasteiger partial charge < -0.3 is 10.5 Å². The van der Waals surface area contributed by atoms with E-state index in [2.05, 4.69) is 28.9 Å². The number of nitrogens with two attached hydrogens (primary N) is 1. The lowest BCUT2D eigenvalue weighted by molar-refractivity contribution is -0.00165. The second-order valence-electron chi connectivity index (χ2n) is 4.97. The van der Waals surface area contributed by atoms with Crippen LogP contribution in [0, 0.1) is 0 Å². The van der Waals surface area contributed by atoms with Gasteiger partial charge in [0.25, 0.3) is 0 Å². The Kier molecular flexibility index (Phi) is 4.69. The van der Waals surface area contributed by atoms with E-state index in [1.54, 1.807) is 7.11 Å². The van der Waals surface area contributed by atoms with E-state index in [1.165, 1.54) is 5.56 Å². The lowest BCUT2D eigenvalue weighted by Gasteiger charge is -2.42. The van der Waals surface area contributed by atoms with Gasteiger partial charge >= 0.3 is 0 Å². The molecule has 2 N–H and O–H groups in total. The highest BCUT2D eigenvalue weighted by molar-refractivity contribution is 5.15. The summed E-state index contributed by atoms with van der Waals surface area (Å²) in [5.74, 6) is 0. The summed E-state index contributed by atoms with van der Waals surface area (Å²) in [6.45, 7) is 3.98. The Labute approximate surface area is 109 Å². The largest absolute Gasteiger partial charge is 0.381 e. The Morgan fingerprint density at radius 3 is 2.83 bits per heavy atom. The molecule has 2 rings (SSSR count). The number of pyridine rings is 1. The standard InChI is InChI=1S/C14H23N3O/c1-11(12-3-6-16-7-4-12)17-8-5-14(18-2)9-13(17)10-15/h3-4,6-7,11,13-14H,5,8-10,15H2,1-2H3. The first-order valence-corrected chi connectivity index (χ1v) is 6.64. The lowest BCUT2D eigenvalue weighted by Crippen LogP contribution is -2.49. The average Bonchev–Trinajstić information content (AvgIpc) is 2.46. The average molecular weight is 249 g/mol. The fraction of sp³-hybridized carbons (Fsp3) is 0.643. The minimum absolute atomic E-state index is 0.361. The molecule has 1 saturated heterocycles. The number of methoxy groups -OCH3 is 1. The zero-order valence-corrected chi connectivity index (χ0v) is 11.2. The third kappa shape index (κ3) is 2.88. The predicted molar refractivity (Wildman–Crippen MR) is 72.2 cm³/mol. The molecular formula is C14H23N3O. The maximum atomic E-state index is 5.92. The first-order valence-electron chi connectivity index (χ1n) is 6.64. The van der Waals surface area contributed by atoms with E-state index in [1.807, 2.05) is 12.4 Å². The van der Waals surface area contributed by atoms with E-state index >= 15 is 0 Å². The molecular weight excluding hydrogens is 226 g/mol. The third-order valence-electron chi connectivity index (χ3n) is 4.00. The molecule has 1 aliphatic heterocycles. The topological polar surface area (TPSA) is 51.4 Å². The van der Waals surface area contributed by atoms with Gasteiger partial charge in [-0.1, -0.05) is 0 Å². The number of aromatic nitrogens is 1. The van der Waals surface area contributed by atoms with Gasteiger partial charge in [-0.05, 0) is 37.5 Å². The molecule has 1 aliphatic rings. The fourth-order valence-electron chi connectivity index (χ4n) is 2.82. The smallest absolute Gasteiger partial charge is 0.0599 e. The van der Waals surface area contributed by atoms with Gasteiger partial charge in [0.1, 0.15) is 0 Å². The molecule has 0 radical (unpaired) electrons. The summed E-state index contributed by atoms with van der Waals surface area (Å²) in [6, 6.07) is 4.97. The molecule has 3 atom stereocenters. The van der Waals surface area contributed by atoms with Gasteiger partial charge in [0.2, 0.25) is 0 Å². The van der Waals surface area contributed by atoms with Crippen molar-refractivity contribution >= 4 is 0 Å². The van der Waals surface area contributed by atoms with Gasteiger partial charge in [-0.15, -0.1) is 0 Å². The van der Waals surface area contributed by atoms with Gasteiger partial charge in [0.05, 0.1) is 6.10 Å². The van der Waals surface area contributed by atoms with E-state index in [0.29, 0.717) is 24.7 Å². The van der Waals surface area contributed by atoms with Crippen molar-refractivity contribution in [1.82, 2.24) is 9.88 Å². The van der Waals surface area contributed by atoms with Crippen LogP contribution in [0.2, 0.25) is 0 Å². The Balaban J connectivity index is 2.07. The lowest BCUT2D eigenvalue weighted by atomic mass is 9.95. The van der Waals surface area contributed by atoms with Crippen molar-refractivity contribution in [2.24, 2.45) is 5.73 Å². The maximum Gasteiger partial charge on any atom is 0.0599 e. The van der Waals surface area contributed by atoms with Crippen LogP contribution in [0.15, 0.2) is 24.5 Å². The summed E-state index contributed by atoms with van der Waals surface area (Å²) in [6.07, 6.45) is 6.18. The van der Waals surface area contributed by atoms with Crippen LogP contribution in [0.1, 0.15) is 31.4 Å². The fourth-order valence-corrected chi connectivity index (χ4v) is 2.82. The van der Waals surface area contributed by atoms with E-state index in [4.69, 9.17) is 10.5 Å². The van der Waals surface area contributed by atoms with Crippen molar-refractivity contribution in [2.75, 3.05) is 20.2 Å². The minimum atomic E-state index is 0.361. The summed E-state index contributed by atoms with van der Waals surface area (Å²) >= 11 is 0. The molecule has 0 spiro atoms. The highest BCUT2D eigenvalue weighted by Crippen LogP contribution is 2.28. The van der Waals surface area contributed by atoms with Crippen LogP contribution >= 0.6 is 0 Å². The van der Waals surface area contributed by atoms with Crippen molar-refractivity contribution in [3.63, 3.8) is 0 Å². The van der Waals surface area contributed by atoms with Gasteiger partial charge in [0.15, 0.2) is 0 Å². The monoisotopic (exact) mass is 249 g/mol. The number of hydrogen-bond acceptors (Lipinski definition) is 4. The Bertz CT molecular complexity index is 357. The molecule has 0 bridgehead atoms. The molecule has 0 aliphatic carbocycles. The number of likely N-dealkylation sites (tertiary alicyclic amines) is 1. The summed E-state index contributed by atoms with van der Waals surface area (Å²) in [5, 5.41) is 0. The molecule has 0 amide bonds. The number of piperidine rings is 1. The highest BCUT2D eigenvalue weighted by atomic mass is 16.5. The van der Waals surface area contributed by atoms with Crippen LogP contribution in [0.25, 0.3) is 0 Å². The van der Waals surface area contributed by atoms with Crippen molar-refractivity contribution in [1.29, 1.82) is 0 Å². The summed E-state index contributed by atoms with van der Waals surface area (Å²) in [5.41, 5.74) is 7.22. The number of nitrogens with zero attached hydrogens (tertiary/aromatic N) is 2. The van der Waals surface area contributed by atoms with Crippen molar-refractivity contribution in [3.05, 3.63) is 30.1 Å². The van der Waals surface area contributed by atoms with Crippen LogP contribution in [0.5, 0.6) is 0 Å². The zero-order chi connectivity index (χ0) is 13.0. The van der Waals surface area contributed by atoms with Crippen LogP contribution in [-0.2, 0) is 4.74 Å². The normalized spacial score (nSPS) is 27.1. The number of rotatable bonds is 4. The zero-order valence-electron chi connectivity index (χ0n) is 11.2.